The highest BCUT2D eigenvalue weighted by atomic mass is 16.1. The van der Waals surface area contributed by atoms with Gasteiger partial charge in [0.1, 0.15) is 5.69 Å². The van der Waals surface area contributed by atoms with Crippen LogP contribution in [0.1, 0.15) is 35.1 Å². The van der Waals surface area contributed by atoms with E-state index in [9.17, 15) is 4.79 Å². The number of pyridine rings is 1. The highest BCUT2D eigenvalue weighted by Crippen LogP contribution is 2.20. The van der Waals surface area contributed by atoms with Crippen molar-refractivity contribution >= 4 is 6.29 Å². The van der Waals surface area contributed by atoms with Crippen molar-refractivity contribution in [3.63, 3.8) is 0 Å². The third-order valence-corrected chi connectivity index (χ3v) is 2.33. The van der Waals surface area contributed by atoms with Gasteiger partial charge in [-0.2, -0.15) is 0 Å². The molecule has 2 rings (SSSR count). The van der Waals surface area contributed by atoms with Gasteiger partial charge < -0.3 is 5.32 Å². The molecule has 1 aliphatic heterocycles. The summed E-state index contributed by atoms with van der Waals surface area (Å²) in [4.78, 5) is 14.7. The second kappa shape index (κ2) is 3.66. The van der Waals surface area contributed by atoms with Gasteiger partial charge in [0.05, 0.1) is 5.69 Å². The summed E-state index contributed by atoms with van der Waals surface area (Å²) in [7, 11) is 0. The Balaban J connectivity index is 2.23. The third kappa shape index (κ3) is 1.75. The minimum Gasteiger partial charge on any atom is -0.309 e. The van der Waals surface area contributed by atoms with E-state index >= 15 is 0 Å². The van der Waals surface area contributed by atoms with Crippen molar-refractivity contribution in [2.45, 2.75) is 18.9 Å². The summed E-state index contributed by atoms with van der Waals surface area (Å²) in [5, 5.41) is 3.35. The molecule has 0 aromatic carbocycles. The monoisotopic (exact) mass is 176 g/mol. The van der Waals surface area contributed by atoms with Gasteiger partial charge in [-0.25, -0.2) is 4.98 Å². The molecule has 3 nitrogen and oxygen atoms in total. The lowest BCUT2D eigenvalue weighted by Crippen LogP contribution is -2.14. The first-order valence-electron chi connectivity index (χ1n) is 4.55. The van der Waals surface area contributed by atoms with E-state index < -0.39 is 0 Å². The van der Waals surface area contributed by atoms with Crippen LogP contribution in [-0.4, -0.2) is 17.8 Å². The lowest BCUT2D eigenvalue weighted by molar-refractivity contribution is 0.111. The summed E-state index contributed by atoms with van der Waals surface area (Å²) in [5.41, 5.74) is 1.51. The van der Waals surface area contributed by atoms with Crippen molar-refractivity contribution in [1.82, 2.24) is 10.3 Å². The van der Waals surface area contributed by atoms with Crippen LogP contribution in [0.5, 0.6) is 0 Å². The van der Waals surface area contributed by atoms with Crippen LogP contribution in [0.15, 0.2) is 18.2 Å². The van der Waals surface area contributed by atoms with Crippen LogP contribution in [0.25, 0.3) is 0 Å². The molecule has 0 radical (unpaired) electrons. The van der Waals surface area contributed by atoms with Gasteiger partial charge in [0.2, 0.25) is 0 Å². The van der Waals surface area contributed by atoms with Crippen LogP contribution < -0.4 is 5.32 Å². The van der Waals surface area contributed by atoms with Gasteiger partial charge in [0, 0.05) is 6.04 Å². The maximum Gasteiger partial charge on any atom is 0.168 e. The van der Waals surface area contributed by atoms with E-state index in [4.69, 9.17) is 0 Å². The van der Waals surface area contributed by atoms with Crippen LogP contribution in [0, 0.1) is 0 Å². The Morgan fingerprint density at radius 1 is 1.54 bits per heavy atom. The second-order valence-corrected chi connectivity index (χ2v) is 3.25. The van der Waals surface area contributed by atoms with Gasteiger partial charge in [0.15, 0.2) is 6.29 Å². The van der Waals surface area contributed by atoms with Crippen molar-refractivity contribution < 1.29 is 4.79 Å². The smallest absolute Gasteiger partial charge is 0.168 e. The molecule has 1 aromatic rings. The molecule has 2 heterocycles. The number of rotatable bonds is 2. The molecular weight excluding hydrogens is 164 g/mol. The number of carbonyl (C=O) groups is 1. The van der Waals surface area contributed by atoms with Gasteiger partial charge in [-0.15, -0.1) is 0 Å². The van der Waals surface area contributed by atoms with Gasteiger partial charge in [-0.1, -0.05) is 6.07 Å². The van der Waals surface area contributed by atoms with Crippen LogP contribution in [0.3, 0.4) is 0 Å². The van der Waals surface area contributed by atoms with E-state index in [1.165, 1.54) is 6.42 Å². The van der Waals surface area contributed by atoms with E-state index in [1.807, 2.05) is 12.1 Å². The Hall–Kier alpha value is -1.22. The molecule has 13 heavy (non-hydrogen) atoms. The molecule has 1 N–H and O–H groups in total. The topological polar surface area (TPSA) is 42.0 Å². The molecule has 68 valence electrons. The summed E-state index contributed by atoms with van der Waals surface area (Å²) in [6, 6.07) is 5.92. The zero-order chi connectivity index (χ0) is 9.10. The molecule has 0 spiro atoms. The lowest BCUT2D eigenvalue weighted by atomic mass is 10.1. The first-order valence-corrected chi connectivity index (χ1v) is 4.55. The minimum atomic E-state index is 0.347. The summed E-state index contributed by atoms with van der Waals surface area (Å²) in [6.07, 6.45) is 3.10. The average Bonchev–Trinajstić information content (AvgIpc) is 2.71. The molecule has 0 saturated carbocycles. The Morgan fingerprint density at radius 2 is 2.46 bits per heavy atom. The van der Waals surface area contributed by atoms with Crippen molar-refractivity contribution in [2.75, 3.05) is 6.54 Å². The molecule has 1 aliphatic rings. The molecule has 0 amide bonds. The molecule has 1 atom stereocenters. The zero-order valence-corrected chi connectivity index (χ0v) is 7.36. The number of nitrogens with zero attached hydrogens (tertiary/aromatic N) is 1. The Kier molecular flexibility index (Phi) is 2.36. The predicted molar refractivity (Wildman–Crippen MR) is 49.6 cm³/mol. The molecular formula is C10H12N2O. The molecule has 0 unspecified atom stereocenters. The molecule has 1 fully saturated rings. The number of aromatic nitrogens is 1. The van der Waals surface area contributed by atoms with Gasteiger partial charge >= 0.3 is 0 Å². The quantitative estimate of drug-likeness (QED) is 0.691. The molecule has 0 aliphatic carbocycles. The van der Waals surface area contributed by atoms with E-state index in [2.05, 4.69) is 10.3 Å². The SMILES string of the molecule is O=Cc1cccc([C@@H]2CCCN2)n1. The number of carbonyl (C=O) groups excluding carboxylic acids is 1. The van der Waals surface area contributed by atoms with E-state index in [-0.39, 0.29) is 0 Å². The van der Waals surface area contributed by atoms with Gasteiger partial charge in [-0.3, -0.25) is 4.79 Å². The largest absolute Gasteiger partial charge is 0.309 e. The normalized spacial score (nSPS) is 21.7. The van der Waals surface area contributed by atoms with Crippen LogP contribution in [0.2, 0.25) is 0 Å². The zero-order valence-electron chi connectivity index (χ0n) is 7.36. The van der Waals surface area contributed by atoms with Crippen LogP contribution in [0.4, 0.5) is 0 Å². The Morgan fingerprint density at radius 3 is 3.15 bits per heavy atom. The van der Waals surface area contributed by atoms with Crippen LogP contribution >= 0.6 is 0 Å². The minimum absolute atomic E-state index is 0.347. The molecule has 3 heteroatoms. The maximum atomic E-state index is 10.5. The summed E-state index contributed by atoms with van der Waals surface area (Å²) in [6.45, 7) is 1.05. The standard InChI is InChI=1S/C10H12N2O/c13-7-8-3-1-4-10(12-8)9-5-2-6-11-9/h1,3-4,7,9,11H,2,5-6H2/t9-/m0/s1. The molecule has 0 bridgehead atoms. The fourth-order valence-corrected chi connectivity index (χ4v) is 1.67. The van der Waals surface area contributed by atoms with Crippen molar-refractivity contribution in [3.05, 3.63) is 29.6 Å². The summed E-state index contributed by atoms with van der Waals surface area (Å²) >= 11 is 0. The van der Waals surface area contributed by atoms with Gasteiger partial charge in [0.25, 0.3) is 0 Å². The first-order chi connectivity index (χ1) is 6.40. The highest BCUT2D eigenvalue weighted by Gasteiger charge is 2.16. The molecule has 1 aromatic heterocycles. The maximum absolute atomic E-state index is 10.5. The number of nitrogens with one attached hydrogen (secondary N) is 1. The van der Waals surface area contributed by atoms with Crippen LogP contribution in [-0.2, 0) is 0 Å². The lowest BCUT2D eigenvalue weighted by Gasteiger charge is -2.08. The fraction of sp³-hybridized carbons (Fsp3) is 0.400. The van der Waals surface area contributed by atoms with E-state index in [1.54, 1.807) is 6.07 Å². The highest BCUT2D eigenvalue weighted by molar-refractivity contribution is 5.71. The summed E-state index contributed by atoms with van der Waals surface area (Å²) < 4.78 is 0. The van der Waals surface area contributed by atoms with Gasteiger partial charge in [-0.05, 0) is 31.5 Å². The number of hydrogen-bond donors (Lipinski definition) is 1. The predicted octanol–water partition coefficient (Wildman–Crippen LogP) is 1.32. The fourth-order valence-electron chi connectivity index (χ4n) is 1.67. The number of hydrogen-bond acceptors (Lipinski definition) is 3. The first kappa shape index (κ1) is 8.38. The van der Waals surface area contributed by atoms with Crippen molar-refractivity contribution in [2.24, 2.45) is 0 Å². The Bertz CT molecular complexity index is 306. The van der Waals surface area contributed by atoms with Crippen molar-refractivity contribution in [1.29, 1.82) is 0 Å². The van der Waals surface area contributed by atoms with Crippen molar-refractivity contribution in [3.8, 4) is 0 Å². The summed E-state index contributed by atoms with van der Waals surface area (Å²) in [5.74, 6) is 0. The second-order valence-electron chi connectivity index (χ2n) is 3.25. The third-order valence-electron chi connectivity index (χ3n) is 2.33. The average molecular weight is 176 g/mol. The van der Waals surface area contributed by atoms with E-state index in [0.717, 1.165) is 24.9 Å². The number of aldehydes is 1. The Labute approximate surface area is 77.2 Å². The van der Waals surface area contributed by atoms with E-state index in [0.29, 0.717) is 11.7 Å². The molecule has 1 saturated heterocycles.